The summed E-state index contributed by atoms with van der Waals surface area (Å²) in [5.74, 6) is 0.167. The van der Waals surface area contributed by atoms with Gasteiger partial charge < -0.3 is 33.8 Å². The molecule has 17 nitrogen and oxygen atoms in total. The summed E-state index contributed by atoms with van der Waals surface area (Å²) in [6.45, 7) is 11.8. The molecule has 0 radical (unpaired) electrons. The highest BCUT2D eigenvalue weighted by Gasteiger charge is 2.30. The Hall–Kier alpha value is -1.94. The number of rotatable bonds is 67. The summed E-state index contributed by atoms with van der Waals surface area (Å²) >= 11 is 0. The normalized spacial score (nSPS) is 14.9. The van der Waals surface area contributed by atoms with E-state index in [1.165, 1.54) is 148 Å². The van der Waals surface area contributed by atoms with Gasteiger partial charge in [-0.15, -0.1) is 0 Å². The maximum atomic E-state index is 13.0. The van der Waals surface area contributed by atoms with Gasteiger partial charge >= 0.3 is 39.5 Å². The minimum atomic E-state index is -4.95. The van der Waals surface area contributed by atoms with Crippen molar-refractivity contribution < 1.29 is 80.2 Å². The van der Waals surface area contributed by atoms with Crippen molar-refractivity contribution in [1.29, 1.82) is 0 Å². The molecule has 0 aliphatic heterocycles. The van der Waals surface area contributed by atoms with E-state index in [-0.39, 0.29) is 25.7 Å². The second kappa shape index (κ2) is 60.0. The van der Waals surface area contributed by atoms with Gasteiger partial charge in [-0.05, 0) is 43.4 Å². The first-order valence-electron chi connectivity index (χ1n) is 35.9. The first-order valence-corrected chi connectivity index (χ1v) is 38.9. The number of phosphoric ester groups is 2. The number of carbonyl (C=O) groups excluding carboxylic acids is 4. The summed E-state index contributed by atoms with van der Waals surface area (Å²) in [6.07, 6.45) is 43.1. The van der Waals surface area contributed by atoms with Gasteiger partial charge in [0.15, 0.2) is 12.2 Å². The van der Waals surface area contributed by atoms with Crippen molar-refractivity contribution in [2.75, 3.05) is 39.6 Å². The summed E-state index contributed by atoms with van der Waals surface area (Å²) < 4.78 is 68.1. The quantitative estimate of drug-likeness (QED) is 0.0222. The zero-order chi connectivity index (χ0) is 65.2. The third-order valence-electron chi connectivity index (χ3n) is 16.6. The SMILES string of the molecule is CCCCCCCCCCC(=O)OC[C@H](COP(=O)(O)OC[C@H](O)COP(=O)(O)OC[C@@H](COC(=O)CCCCCCCCCCC(C)CC)OC(=O)CCCCCCCCCCCCCCCCCC(C)C)OC(=O)CCCCCCCCC(C)CC. The van der Waals surface area contributed by atoms with E-state index in [0.717, 1.165) is 114 Å². The van der Waals surface area contributed by atoms with Gasteiger partial charge in [-0.2, -0.15) is 0 Å². The summed E-state index contributed by atoms with van der Waals surface area (Å²) in [5.41, 5.74) is 0. The van der Waals surface area contributed by atoms with Crippen LogP contribution in [-0.2, 0) is 65.4 Å². The van der Waals surface area contributed by atoms with Crippen molar-refractivity contribution in [3.63, 3.8) is 0 Å². The number of esters is 4. The zero-order valence-corrected chi connectivity index (χ0v) is 59.0. The van der Waals surface area contributed by atoms with E-state index in [1.54, 1.807) is 0 Å². The van der Waals surface area contributed by atoms with Crippen LogP contribution in [0.3, 0.4) is 0 Å². The second-order valence-electron chi connectivity index (χ2n) is 25.9. The van der Waals surface area contributed by atoms with Crippen LogP contribution in [0, 0.1) is 17.8 Å². The smallest absolute Gasteiger partial charge is 0.462 e. The molecule has 4 unspecified atom stereocenters. The molecule has 19 heteroatoms. The molecule has 0 amide bonds. The van der Waals surface area contributed by atoms with Gasteiger partial charge in [-0.1, -0.05) is 292 Å². The van der Waals surface area contributed by atoms with Gasteiger partial charge in [0.2, 0.25) is 0 Å². The molecule has 0 aromatic heterocycles. The molecule has 0 saturated carbocycles. The molecule has 0 fully saturated rings. The molecule has 0 heterocycles. The molecule has 0 aliphatic rings. The molecule has 0 rings (SSSR count). The number of aliphatic hydroxyl groups is 1. The number of hydrogen-bond acceptors (Lipinski definition) is 15. The average molecular weight is 1300 g/mol. The Labute approximate surface area is 537 Å². The lowest BCUT2D eigenvalue weighted by Crippen LogP contribution is -2.30. The number of carbonyl (C=O) groups is 4. The lowest BCUT2D eigenvalue weighted by atomic mass is 9.99. The number of phosphoric acid groups is 2. The minimum Gasteiger partial charge on any atom is -0.462 e. The van der Waals surface area contributed by atoms with Crippen LogP contribution < -0.4 is 0 Å². The van der Waals surface area contributed by atoms with Crippen LogP contribution in [0.4, 0.5) is 0 Å². The van der Waals surface area contributed by atoms with Crippen molar-refractivity contribution in [1.82, 2.24) is 0 Å². The summed E-state index contributed by atoms with van der Waals surface area (Å²) in [5, 5.41) is 10.6. The van der Waals surface area contributed by atoms with Crippen molar-refractivity contribution in [2.45, 2.75) is 362 Å². The first-order chi connectivity index (χ1) is 42.3. The molecule has 0 bridgehead atoms. The fourth-order valence-corrected chi connectivity index (χ4v) is 11.9. The zero-order valence-electron chi connectivity index (χ0n) is 57.2. The third-order valence-corrected chi connectivity index (χ3v) is 18.5. The van der Waals surface area contributed by atoms with Crippen molar-refractivity contribution in [3.05, 3.63) is 0 Å². The fourth-order valence-electron chi connectivity index (χ4n) is 10.3. The van der Waals surface area contributed by atoms with Crippen LogP contribution in [-0.4, -0.2) is 96.7 Å². The molecule has 0 saturated heterocycles. The molecule has 88 heavy (non-hydrogen) atoms. The molecular formula is C69H134O17P2. The predicted molar refractivity (Wildman–Crippen MR) is 354 cm³/mol. The standard InChI is InChI=1S/C69H134O17P2/c1-8-11-12-13-14-28-36-43-50-66(71)79-57-65(86-69(74)53-46-39-32-31-35-42-49-62(7)10-3)59-84-88(77,78)82-55-63(70)54-81-87(75,76)83-58-64(56-80-67(72)51-44-37-29-25-24-27-34-41-48-61(6)9-2)85-68(73)52-45-38-30-23-21-19-17-15-16-18-20-22-26-33-40-47-60(4)5/h60-65,70H,8-59H2,1-7H3,(H,75,76)(H,77,78)/t61?,62?,63-,64-,65-/m1/s1. The maximum absolute atomic E-state index is 13.0. The van der Waals surface area contributed by atoms with Crippen LogP contribution in [0.25, 0.3) is 0 Å². The Balaban J connectivity index is 5.21. The average Bonchev–Trinajstić information content (AvgIpc) is 3.60. The van der Waals surface area contributed by atoms with Crippen LogP contribution in [0.15, 0.2) is 0 Å². The molecule has 0 aromatic rings. The second-order valence-corrected chi connectivity index (χ2v) is 28.8. The van der Waals surface area contributed by atoms with E-state index in [9.17, 15) is 43.2 Å². The summed E-state index contributed by atoms with van der Waals surface area (Å²) in [4.78, 5) is 72.4. The lowest BCUT2D eigenvalue weighted by Gasteiger charge is -2.21. The highest BCUT2D eigenvalue weighted by Crippen LogP contribution is 2.45. The number of unbranched alkanes of at least 4 members (excludes halogenated alkanes) is 33. The van der Waals surface area contributed by atoms with Crippen LogP contribution >= 0.6 is 15.6 Å². The summed E-state index contributed by atoms with van der Waals surface area (Å²) in [7, 11) is -9.90. The Morgan fingerprint density at radius 2 is 0.580 bits per heavy atom. The molecule has 522 valence electrons. The molecule has 7 atom stereocenters. The molecule has 3 N–H and O–H groups in total. The largest absolute Gasteiger partial charge is 0.472 e. The van der Waals surface area contributed by atoms with E-state index in [1.807, 2.05) is 0 Å². The van der Waals surface area contributed by atoms with Crippen LogP contribution in [0.2, 0.25) is 0 Å². The van der Waals surface area contributed by atoms with Gasteiger partial charge in [0, 0.05) is 25.7 Å². The number of ether oxygens (including phenoxy) is 4. The third kappa shape index (κ3) is 60.3. The minimum absolute atomic E-state index is 0.102. The highest BCUT2D eigenvalue weighted by molar-refractivity contribution is 7.47. The number of hydrogen-bond donors (Lipinski definition) is 3. The Bertz CT molecular complexity index is 1740. The number of aliphatic hydroxyl groups excluding tert-OH is 1. The first kappa shape index (κ1) is 86.1. The fraction of sp³-hybridized carbons (Fsp3) is 0.942. The van der Waals surface area contributed by atoms with Crippen molar-refractivity contribution in [2.24, 2.45) is 17.8 Å². The Morgan fingerprint density at radius 1 is 0.330 bits per heavy atom. The van der Waals surface area contributed by atoms with E-state index in [0.29, 0.717) is 25.7 Å². The summed E-state index contributed by atoms with van der Waals surface area (Å²) in [6, 6.07) is 0. The molecule has 0 aromatic carbocycles. The highest BCUT2D eigenvalue weighted by atomic mass is 31.2. The van der Waals surface area contributed by atoms with Crippen molar-refractivity contribution in [3.8, 4) is 0 Å². The van der Waals surface area contributed by atoms with Crippen LogP contribution in [0.1, 0.15) is 344 Å². The lowest BCUT2D eigenvalue weighted by molar-refractivity contribution is -0.161. The van der Waals surface area contributed by atoms with E-state index >= 15 is 0 Å². The van der Waals surface area contributed by atoms with Crippen LogP contribution in [0.5, 0.6) is 0 Å². The van der Waals surface area contributed by atoms with Gasteiger partial charge in [0.1, 0.15) is 19.3 Å². The predicted octanol–water partition coefficient (Wildman–Crippen LogP) is 19.5. The van der Waals surface area contributed by atoms with Gasteiger partial charge in [0.25, 0.3) is 0 Å². The van der Waals surface area contributed by atoms with Gasteiger partial charge in [-0.3, -0.25) is 37.3 Å². The van der Waals surface area contributed by atoms with Crippen molar-refractivity contribution >= 4 is 39.5 Å². The van der Waals surface area contributed by atoms with Gasteiger partial charge in [0.05, 0.1) is 26.4 Å². The molecule has 0 spiro atoms. The maximum Gasteiger partial charge on any atom is 0.472 e. The molecular weight excluding hydrogens is 1160 g/mol. The van der Waals surface area contributed by atoms with E-state index < -0.39 is 97.5 Å². The molecule has 0 aliphatic carbocycles. The van der Waals surface area contributed by atoms with Gasteiger partial charge in [-0.25, -0.2) is 9.13 Å². The van der Waals surface area contributed by atoms with E-state index in [4.69, 9.17) is 37.0 Å². The monoisotopic (exact) mass is 1300 g/mol. The van der Waals surface area contributed by atoms with E-state index in [2.05, 4.69) is 48.5 Å². The topological polar surface area (TPSA) is 237 Å². The Kier molecular flexibility index (Phi) is 58.7. The Morgan fingerprint density at radius 3 is 0.864 bits per heavy atom.